The molecule has 2 N–H and O–H groups in total. The van der Waals surface area contributed by atoms with E-state index in [1.807, 2.05) is 0 Å². The molecular formula is C18H19FN2O3S. The van der Waals surface area contributed by atoms with Gasteiger partial charge in [0.15, 0.2) is 0 Å². The minimum Gasteiger partial charge on any atom is -0.349 e. The van der Waals surface area contributed by atoms with Gasteiger partial charge in [-0.1, -0.05) is 24.3 Å². The number of hydrogen-bond donors (Lipinski definition) is 2. The molecule has 2 aromatic rings. The second-order valence-corrected chi connectivity index (χ2v) is 7.78. The van der Waals surface area contributed by atoms with Gasteiger partial charge in [-0.3, -0.25) is 4.79 Å². The Morgan fingerprint density at radius 2 is 1.88 bits per heavy atom. The van der Waals surface area contributed by atoms with Crippen molar-refractivity contribution in [2.24, 2.45) is 0 Å². The Balaban J connectivity index is 1.65. The Morgan fingerprint density at radius 3 is 2.60 bits per heavy atom. The van der Waals surface area contributed by atoms with Gasteiger partial charge in [-0.15, -0.1) is 0 Å². The Kier molecular flexibility index (Phi) is 5.15. The van der Waals surface area contributed by atoms with Gasteiger partial charge >= 0.3 is 0 Å². The first kappa shape index (κ1) is 17.6. The third-order valence-electron chi connectivity index (χ3n) is 3.96. The lowest BCUT2D eigenvalue weighted by molar-refractivity contribution is 0.0951. The van der Waals surface area contributed by atoms with E-state index in [0.29, 0.717) is 11.1 Å². The van der Waals surface area contributed by atoms with Gasteiger partial charge in [0, 0.05) is 18.2 Å². The normalized spacial score (nSPS) is 14.3. The minimum atomic E-state index is -3.76. The first-order valence-electron chi connectivity index (χ1n) is 8.10. The predicted molar refractivity (Wildman–Crippen MR) is 92.2 cm³/mol. The van der Waals surface area contributed by atoms with E-state index in [2.05, 4.69) is 10.0 Å². The number of sulfonamides is 1. The Morgan fingerprint density at radius 1 is 1.12 bits per heavy atom. The van der Waals surface area contributed by atoms with E-state index in [1.54, 1.807) is 24.3 Å². The van der Waals surface area contributed by atoms with Gasteiger partial charge in [0.2, 0.25) is 10.0 Å². The Bertz CT molecular complexity index is 879. The average molecular weight is 362 g/mol. The van der Waals surface area contributed by atoms with Crippen molar-refractivity contribution in [3.63, 3.8) is 0 Å². The molecule has 1 aliphatic rings. The molecule has 0 spiro atoms. The van der Waals surface area contributed by atoms with Crippen molar-refractivity contribution in [2.45, 2.75) is 30.2 Å². The number of hydrogen-bond acceptors (Lipinski definition) is 3. The molecule has 0 radical (unpaired) electrons. The van der Waals surface area contributed by atoms with E-state index >= 15 is 0 Å². The van der Waals surface area contributed by atoms with Crippen LogP contribution in [-0.2, 0) is 16.4 Å². The van der Waals surface area contributed by atoms with E-state index in [0.717, 1.165) is 12.8 Å². The van der Waals surface area contributed by atoms with Crippen LogP contribution in [0.2, 0.25) is 0 Å². The van der Waals surface area contributed by atoms with Crippen LogP contribution in [0.3, 0.4) is 0 Å². The number of carbonyl (C=O) groups excluding carboxylic acids is 1. The van der Waals surface area contributed by atoms with Crippen LogP contribution in [0.25, 0.3) is 0 Å². The molecule has 0 saturated heterocycles. The molecule has 0 bridgehead atoms. The van der Waals surface area contributed by atoms with Gasteiger partial charge in [0.1, 0.15) is 5.82 Å². The van der Waals surface area contributed by atoms with Gasteiger partial charge in [-0.05, 0) is 49.1 Å². The lowest BCUT2D eigenvalue weighted by Crippen LogP contribution is -2.28. The molecule has 0 unspecified atom stereocenters. The highest BCUT2D eigenvalue weighted by Crippen LogP contribution is 2.20. The highest BCUT2D eigenvalue weighted by atomic mass is 32.2. The first-order chi connectivity index (χ1) is 12.0. The van der Waals surface area contributed by atoms with E-state index in [1.165, 1.54) is 24.3 Å². The summed E-state index contributed by atoms with van der Waals surface area (Å²) in [6.45, 7) is 0.0712. The van der Waals surface area contributed by atoms with Gasteiger partial charge < -0.3 is 5.32 Å². The standard InChI is InChI=1S/C18H19FN2O3S/c19-17-7-2-1-4-13(17)10-11-20-25(23,24)16-6-3-5-14(12-16)18(22)21-15-8-9-15/h1-7,12,15,20H,8-11H2,(H,21,22). The molecule has 1 fully saturated rings. The van der Waals surface area contributed by atoms with Crippen molar-refractivity contribution in [3.8, 4) is 0 Å². The zero-order chi connectivity index (χ0) is 17.9. The first-order valence-corrected chi connectivity index (χ1v) is 9.58. The van der Waals surface area contributed by atoms with Crippen molar-refractivity contribution < 1.29 is 17.6 Å². The maximum atomic E-state index is 13.6. The van der Waals surface area contributed by atoms with Crippen LogP contribution in [0.1, 0.15) is 28.8 Å². The quantitative estimate of drug-likeness (QED) is 0.793. The summed E-state index contributed by atoms with van der Waals surface area (Å²) in [6, 6.07) is 12.3. The lowest BCUT2D eigenvalue weighted by Gasteiger charge is -2.09. The number of benzene rings is 2. The van der Waals surface area contributed by atoms with Crippen LogP contribution in [-0.4, -0.2) is 26.9 Å². The molecule has 1 amide bonds. The van der Waals surface area contributed by atoms with Gasteiger partial charge in [0.05, 0.1) is 4.90 Å². The van der Waals surface area contributed by atoms with E-state index in [9.17, 15) is 17.6 Å². The molecule has 1 aliphatic carbocycles. The molecule has 3 rings (SSSR count). The molecular weight excluding hydrogens is 343 g/mol. The van der Waals surface area contributed by atoms with Crippen LogP contribution in [0.5, 0.6) is 0 Å². The molecule has 0 heterocycles. The second kappa shape index (κ2) is 7.33. The zero-order valence-electron chi connectivity index (χ0n) is 13.5. The van der Waals surface area contributed by atoms with Crippen molar-refractivity contribution in [2.75, 3.05) is 6.54 Å². The zero-order valence-corrected chi connectivity index (χ0v) is 14.4. The summed E-state index contributed by atoms with van der Waals surface area (Å²) >= 11 is 0. The van der Waals surface area contributed by atoms with Crippen molar-refractivity contribution >= 4 is 15.9 Å². The topological polar surface area (TPSA) is 75.3 Å². The summed E-state index contributed by atoms with van der Waals surface area (Å²) in [6.07, 6.45) is 2.16. The summed E-state index contributed by atoms with van der Waals surface area (Å²) in [5, 5.41) is 2.82. The number of amides is 1. The summed E-state index contributed by atoms with van der Waals surface area (Å²) in [5.74, 6) is -0.633. The van der Waals surface area contributed by atoms with Crippen molar-refractivity contribution in [3.05, 3.63) is 65.5 Å². The van der Waals surface area contributed by atoms with Gasteiger partial charge in [-0.2, -0.15) is 0 Å². The number of halogens is 1. The molecule has 7 heteroatoms. The summed E-state index contributed by atoms with van der Waals surface area (Å²) in [7, 11) is -3.76. The molecule has 2 aromatic carbocycles. The van der Waals surface area contributed by atoms with Gasteiger partial charge in [0.25, 0.3) is 5.91 Å². The third kappa shape index (κ3) is 4.64. The number of rotatable bonds is 7. The lowest BCUT2D eigenvalue weighted by atomic mass is 10.1. The highest BCUT2D eigenvalue weighted by Gasteiger charge is 2.24. The molecule has 1 saturated carbocycles. The highest BCUT2D eigenvalue weighted by molar-refractivity contribution is 7.89. The summed E-state index contributed by atoms with van der Waals surface area (Å²) in [5.41, 5.74) is 0.756. The maximum absolute atomic E-state index is 13.6. The molecule has 132 valence electrons. The fourth-order valence-electron chi connectivity index (χ4n) is 2.41. The average Bonchev–Trinajstić information content (AvgIpc) is 3.40. The van der Waals surface area contributed by atoms with Crippen LogP contribution in [0.4, 0.5) is 4.39 Å². The fraction of sp³-hybridized carbons (Fsp3) is 0.278. The SMILES string of the molecule is O=C(NC1CC1)c1cccc(S(=O)(=O)NCCc2ccccc2F)c1. The van der Waals surface area contributed by atoms with Crippen LogP contribution >= 0.6 is 0 Å². The minimum absolute atomic E-state index is 0.0180. The van der Waals surface area contributed by atoms with E-state index in [-0.39, 0.29) is 35.6 Å². The molecule has 5 nitrogen and oxygen atoms in total. The monoisotopic (exact) mass is 362 g/mol. The second-order valence-electron chi connectivity index (χ2n) is 6.01. The third-order valence-corrected chi connectivity index (χ3v) is 5.42. The number of carbonyl (C=O) groups is 1. The smallest absolute Gasteiger partial charge is 0.251 e. The fourth-order valence-corrected chi connectivity index (χ4v) is 3.48. The molecule has 0 aliphatic heterocycles. The molecule has 0 atom stereocenters. The largest absolute Gasteiger partial charge is 0.349 e. The van der Waals surface area contributed by atoms with Crippen LogP contribution in [0, 0.1) is 5.82 Å². The van der Waals surface area contributed by atoms with E-state index < -0.39 is 10.0 Å². The van der Waals surface area contributed by atoms with Crippen LogP contribution in [0.15, 0.2) is 53.4 Å². The number of nitrogens with one attached hydrogen (secondary N) is 2. The molecule has 25 heavy (non-hydrogen) atoms. The Hall–Kier alpha value is -2.25. The molecule has 0 aromatic heterocycles. The summed E-state index contributed by atoms with van der Waals surface area (Å²) in [4.78, 5) is 12.1. The summed E-state index contributed by atoms with van der Waals surface area (Å²) < 4.78 is 40.8. The van der Waals surface area contributed by atoms with Gasteiger partial charge in [-0.25, -0.2) is 17.5 Å². The maximum Gasteiger partial charge on any atom is 0.251 e. The van der Waals surface area contributed by atoms with Crippen molar-refractivity contribution in [1.82, 2.24) is 10.0 Å². The Labute approximate surface area is 146 Å². The predicted octanol–water partition coefficient (Wildman–Crippen LogP) is 2.24. The van der Waals surface area contributed by atoms with Crippen molar-refractivity contribution in [1.29, 1.82) is 0 Å². The van der Waals surface area contributed by atoms with Crippen LogP contribution < -0.4 is 10.0 Å². The van der Waals surface area contributed by atoms with E-state index in [4.69, 9.17) is 0 Å².